The van der Waals surface area contributed by atoms with Crippen molar-refractivity contribution in [2.24, 2.45) is 13.0 Å². The zero-order valence-electron chi connectivity index (χ0n) is 12.4. The number of halogens is 1. The Morgan fingerprint density at radius 3 is 2.79 bits per heavy atom. The van der Waals surface area contributed by atoms with E-state index >= 15 is 0 Å². The highest BCUT2D eigenvalue weighted by Crippen LogP contribution is 2.23. The molecule has 0 bridgehead atoms. The van der Waals surface area contributed by atoms with Gasteiger partial charge in [0.25, 0.3) is 0 Å². The Morgan fingerprint density at radius 2 is 2.21 bits per heavy atom. The van der Waals surface area contributed by atoms with E-state index in [1.807, 2.05) is 11.7 Å². The fourth-order valence-corrected chi connectivity index (χ4v) is 3.38. The van der Waals surface area contributed by atoms with E-state index in [-0.39, 0.29) is 0 Å². The van der Waals surface area contributed by atoms with Gasteiger partial charge in [0, 0.05) is 39.3 Å². The second-order valence-electron chi connectivity index (χ2n) is 5.72. The molecule has 0 aliphatic carbocycles. The number of aromatic nitrogens is 2. The molecular weight excluding hydrogens is 304 g/mol. The molecule has 2 heterocycles. The fraction of sp³-hybridized carbons (Fsp3) is 0.786. The molecule has 0 amide bonds. The van der Waals surface area contributed by atoms with Crippen LogP contribution < -0.4 is 5.32 Å². The van der Waals surface area contributed by atoms with Crippen LogP contribution in [-0.2, 0) is 20.0 Å². The lowest BCUT2D eigenvalue weighted by Gasteiger charge is -2.35. The summed E-state index contributed by atoms with van der Waals surface area (Å²) in [5.41, 5.74) is 2.45. The summed E-state index contributed by atoms with van der Waals surface area (Å²) in [4.78, 5) is 2.53. The van der Waals surface area contributed by atoms with E-state index < -0.39 is 0 Å². The quantitative estimate of drug-likeness (QED) is 0.919. The van der Waals surface area contributed by atoms with Gasteiger partial charge in [-0.05, 0) is 28.3 Å². The summed E-state index contributed by atoms with van der Waals surface area (Å²) < 4.78 is 3.21. The number of piperazine rings is 1. The topological polar surface area (TPSA) is 33.1 Å². The van der Waals surface area contributed by atoms with E-state index in [9.17, 15) is 0 Å². The van der Waals surface area contributed by atoms with Crippen molar-refractivity contribution >= 4 is 15.9 Å². The van der Waals surface area contributed by atoms with Gasteiger partial charge < -0.3 is 5.32 Å². The van der Waals surface area contributed by atoms with Crippen molar-refractivity contribution in [3.05, 3.63) is 15.9 Å². The van der Waals surface area contributed by atoms with Crippen LogP contribution in [0.25, 0.3) is 0 Å². The van der Waals surface area contributed by atoms with Gasteiger partial charge in [-0.3, -0.25) is 9.58 Å². The molecule has 2 rings (SSSR count). The lowest BCUT2D eigenvalue weighted by atomic mass is 10.0. The van der Waals surface area contributed by atoms with E-state index in [1.165, 1.54) is 10.2 Å². The van der Waals surface area contributed by atoms with E-state index in [0.29, 0.717) is 12.0 Å². The van der Waals surface area contributed by atoms with Gasteiger partial charge in [0.2, 0.25) is 0 Å². The van der Waals surface area contributed by atoms with E-state index in [2.05, 4.69) is 52.0 Å². The second-order valence-corrected chi connectivity index (χ2v) is 6.52. The monoisotopic (exact) mass is 328 g/mol. The number of nitrogens with zero attached hydrogens (tertiary/aromatic N) is 3. The Labute approximate surface area is 124 Å². The minimum Gasteiger partial charge on any atom is -0.311 e. The van der Waals surface area contributed by atoms with Gasteiger partial charge in [-0.15, -0.1) is 0 Å². The van der Waals surface area contributed by atoms with Gasteiger partial charge in [-0.25, -0.2) is 0 Å². The molecule has 1 aromatic heterocycles. The van der Waals surface area contributed by atoms with Crippen molar-refractivity contribution in [2.45, 2.75) is 39.8 Å². The minimum atomic E-state index is 0.603. The summed E-state index contributed by atoms with van der Waals surface area (Å²) in [7, 11) is 2.04. The molecule has 1 aliphatic heterocycles. The third kappa shape index (κ3) is 3.38. The van der Waals surface area contributed by atoms with E-state index in [0.717, 1.165) is 38.3 Å². The van der Waals surface area contributed by atoms with Gasteiger partial charge in [0.1, 0.15) is 0 Å². The summed E-state index contributed by atoms with van der Waals surface area (Å²) >= 11 is 3.71. The number of rotatable bonds is 4. The molecule has 0 radical (unpaired) electrons. The molecule has 5 heteroatoms. The van der Waals surface area contributed by atoms with Gasteiger partial charge >= 0.3 is 0 Å². The predicted octanol–water partition coefficient (Wildman–Crippen LogP) is 2.17. The maximum Gasteiger partial charge on any atom is 0.0767 e. The Morgan fingerprint density at radius 1 is 1.47 bits per heavy atom. The molecule has 1 aliphatic rings. The Balaban J connectivity index is 2.06. The highest BCUT2D eigenvalue weighted by atomic mass is 79.9. The summed E-state index contributed by atoms with van der Waals surface area (Å²) in [6.07, 6.45) is 0.977. The van der Waals surface area contributed by atoms with Crippen LogP contribution in [0.15, 0.2) is 4.47 Å². The van der Waals surface area contributed by atoms with Gasteiger partial charge in [0.15, 0.2) is 0 Å². The summed E-state index contributed by atoms with van der Waals surface area (Å²) in [6, 6.07) is 0.603. The van der Waals surface area contributed by atoms with Crippen molar-refractivity contribution in [2.75, 3.05) is 19.6 Å². The molecule has 0 spiro atoms. The van der Waals surface area contributed by atoms with Crippen molar-refractivity contribution in [1.82, 2.24) is 20.0 Å². The van der Waals surface area contributed by atoms with Crippen molar-refractivity contribution in [3.8, 4) is 0 Å². The van der Waals surface area contributed by atoms with Crippen molar-refractivity contribution < 1.29 is 0 Å². The molecule has 1 N–H and O–H groups in total. The maximum atomic E-state index is 4.58. The summed E-state index contributed by atoms with van der Waals surface area (Å²) in [5.74, 6) is 0.684. The van der Waals surface area contributed by atoms with Crippen LogP contribution in [0.4, 0.5) is 0 Å². The molecule has 0 aromatic carbocycles. The second kappa shape index (κ2) is 6.37. The van der Waals surface area contributed by atoms with Crippen molar-refractivity contribution in [1.29, 1.82) is 0 Å². The molecule has 0 saturated carbocycles. The minimum absolute atomic E-state index is 0.603. The molecule has 1 unspecified atom stereocenters. The van der Waals surface area contributed by atoms with Gasteiger partial charge in [-0.1, -0.05) is 20.8 Å². The molecule has 1 fully saturated rings. The van der Waals surface area contributed by atoms with Crippen LogP contribution in [0.2, 0.25) is 0 Å². The van der Waals surface area contributed by atoms with Crippen LogP contribution in [0.5, 0.6) is 0 Å². The third-order valence-corrected chi connectivity index (χ3v) is 4.89. The lowest BCUT2D eigenvalue weighted by Crippen LogP contribution is -2.52. The Bertz CT molecular complexity index is 427. The molecular formula is C14H25BrN4. The zero-order chi connectivity index (χ0) is 14.0. The maximum absolute atomic E-state index is 4.58. The van der Waals surface area contributed by atoms with Crippen LogP contribution in [-0.4, -0.2) is 40.4 Å². The molecule has 1 aromatic rings. The normalized spacial score (nSPS) is 21.3. The van der Waals surface area contributed by atoms with E-state index in [4.69, 9.17) is 0 Å². The third-order valence-electron chi connectivity index (χ3n) is 3.97. The number of aryl methyl sites for hydroxylation is 2. The van der Waals surface area contributed by atoms with Gasteiger partial charge in [-0.2, -0.15) is 5.10 Å². The highest BCUT2D eigenvalue weighted by molar-refractivity contribution is 9.10. The Kier molecular flexibility index (Phi) is 5.03. The first-order valence-corrected chi connectivity index (χ1v) is 7.98. The molecule has 1 atom stereocenters. The SMILES string of the molecule is CCc1nn(C)c(CN2CCNC(C(C)C)C2)c1Br. The lowest BCUT2D eigenvalue weighted by molar-refractivity contribution is 0.165. The first-order valence-electron chi connectivity index (χ1n) is 7.18. The highest BCUT2D eigenvalue weighted by Gasteiger charge is 2.23. The van der Waals surface area contributed by atoms with Crippen LogP contribution in [0.3, 0.4) is 0 Å². The first kappa shape index (κ1) is 15.0. The molecule has 19 heavy (non-hydrogen) atoms. The largest absolute Gasteiger partial charge is 0.311 e. The molecule has 1 saturated heterocycles. The number of hydrogen-bond donors (Lipinski definition) is 1. The number of nitrogens with one attached hydrogen (secondary N) is 1. The van der Waals surface area contributed by atoms with Crippen LogP contribution >= 0.6 is 15.9 Å². The number of hydrogen-bond acceptors (Lipinski definition) is 3. The Hall–Kier alpha value is -0.390. The molecule has 4 nitrogen and oxygen atoms in total. The summed E-state index contributed by atoms with van der Waals surface area (Å²) in [5, 5.41) is 8.18. The first-order chi connectivity index (χ1) is 9.02. The van der Waals surface area contributed by atoms with E-state index in [1.54, 1.807) is 0 Å². The average Bonchev–Trinajstić information content (AvgIpc) is 2.66. The molecule has 108 valence electrons. The van der Waals surface area contributed by atoms with Crippen LogP contribution in [0.1, 0.15) is 32.2 Å². The summed E-state index contributed by atoms with van der Waals surface area (Å²) in [6.45, 7) is 11.0. The van der Waals surface area contributed by atoms with Crippen molar-refractivity contribution in [3.63, 3.8) is 0 Å². The zero-order valence-corrected chi connectivity index (χ0v) is 14.0. The van der Waals surface area contributed by atoms with Gasteiger partial charge in [0.05, 0.1) is 15.9 Å². The smallest absolute Gasteiger partial charge is 0.0767 e. The fourth-order valence-electron chi connectivity index (χ4n) is 2.64. The predicted molar refractivity (Wildman–Crippen MR) is 82.2 cm³/mol. The standard InChI is InChI=1S/C14H25BrN4/c1-5-11-14(15)13(18(4)17-11)9-19-7-6-16-12(8-19)10(2)3/h10,12,16H,5-9H2,1-4H3. The average molecular weight is 329 g/mol. The van der Waals surface area contributed by atoms with Crippen LogP contribution in [0, 0.1) is 5.92 Å².